The van der Waals surface area contributed by atoms with Crippen molar-refractivity contribution in [3.63, 3.8) is 0 Å². The molecule has 2 heterocycles. The molecule has 0 bridgehead atoms. The van der Waals surface area contributed by atoms with E-state index in [2.05, 4.69) is 42.8 Å². The predicted molar refractivity (Wildman–Crippen MR) is 116 cm³/mol. The van der Waals surface area contributed by atoms with E-state index in [0.717, 1.165) is 12.8 Å². The summed E-state index contributed by atoms with van der Waals surface area (Å²) in [6, 6.07) is 6.90. The van der Waals surface area contributed by atoms with Crippen LogP contribution in [0.2, 0.25) is 5.15 Å². The van der Waals surface area contributed by atoms with Crippen molar-refractivity contribution >= 4 is 28.9 Å². The van der Waals surface area contributed by atoms with Crippen molar-refractivity contribution in [3.8, 4) is 29.0 Å². The first-order chi connectivity index (χ1) is 15.5. The standard InChI is InChI=1S/C21H20ClN7O2/c1-23-21(30)18-15(11-16(22)26-27-18)24-14-6-4-5-13(19(14)31-3)20-25-17(29(2)28-20)10-9-12-7-8-12/h4-6,11-12H,7-8H2,1-3H3,(H,23,30)(H,24,26)/i1D. The second-order valence-corrected chi connectivity index (χ2v) is 7.26. The van der Waals surface area contributed by atoms with Crippen LogP contribution in [0.15, 0.2) is 24.3 Å². The molecule has 158 valence electrons. The van der Waals surface area contributed by atoms with Crippen LogP contribution in [0.3, 0.4) is 0 Å². The van der Waals surface area contributed by atoms with E-state index < -0.39 is 5.91 Å². The summed E-state index contributed by atoms with van der Waals surface area (Å²) in [5.41, 5.74) is 1.52. The summed E-state index contributed by atoms with van der Waals surface area (Å²) in [5.74, 6) is 7.70. The molecule has 1 fully saturated rings. The summed E-state index contributed by atoms with van der Waals surface area (Å²) in [6.07, 6.45) is 2.27. The van der Waals surface area contributed by atoms with E-state index in [1.54, 1.807) is 17.8 Å². The summed E-state index contributed by atoms with van der Waals surface area (Å²) < 4.78 is 14.5. The maximum atomic E-state index is 12.3. The molecule has 0 atom stereocenters. The number of nitrogens with one attached hydrogen (secondary N) is 2. The number of hydrogen-bond donors (Lipinski definition) is 2. The quantitative estimate of drug-likeness (QED) is 0.590. The molecule has 0 radical (unpaired) electrons. The van der Waals surface area contributed by atoms with Crippen LogP contribution >= 0.6 is 11.6 Å². The van der Waals surface area contributed by atoms with Gasteiger partial charge in [-0.25, -0.2) is 4.68 Å². The molecule has 1 aliphatic carbocycles. The lowest BCUT2D eigenvalue weighted by atomic mass is 10.1. The fraction of sp³-hybridized carbons (Fsp3) is 0.286. The Kier molecular flexibility index (Phi) is 5.37. The highest BCUT2D eigenvalue weighted by Crippen LogP contribution is 2.37. The Morgan fingerprint density at radius 2 is 2.19 bits per heavy atom. The molecule has 2 aromatic heterocycles. The summed E-state index contributed by atoms with van der Waals surface area (Å²) >= 11 is 5.99. The molecule has 1 aliphatic rings. The number of carbonyl (C=O) groups is 1. The van der Waals surface area contributed by atoms with Gasteiger partial charge in [-0.1, -0.05) is 23.6 Å². The average Bonchev–Trinajstić information content (AvgIpc) is 3.53. The summed E-state index contributed by atoms with van der Waals surface area (Å²) in [5, 5.41) is 17.7. The predicted octanol–water partition coefficient (Wildman–Crippen LogP) is 2.80. The Labute approximate surface area is 185 Å². The van der Waals surface area contributed by atoms with Crippen molar-refractivity contribution in [1.82, 2.24) is 30.3 Å². The van der Waals surface area contributed by atoms with Crippen LogP contribution in [-0.2, 0) is 7.05 Å². The minimum atomic E-state index is -0.549. The number of amides is 1. The van der Waals surface area contributed by atoms with Crippen LogP contribution in [0.4, 0.5) is 11.4 Å². The molecular weight excluding hydrogens is 418 g/mol. The Balaban J connectivity index is 1.71. The number of nitrogens with zero attached hydrogens (tertiary/aromatic N) is 5. The second-order valence-electron chi connectivity index (χ2n) is 6.87. The van der Waals surface area contributed by atoms with Crippen LogP contribution < -0.4 is 15.4 Å². The van der Waals surface area contributed by atoms with Crippen molar-refractivity contribution in [2.45, 2.75) is 12.8 Å². The van der Waals surface area contributed by atoms with Gasteiger partial charge >= 0.3 is 0 Å². The van der Waals surface area contributed by atoms with Gasteiger partial charge in [-0.3, -0.25) is 4.79 Å². The minimum absolute atomic E-state index is 0.00250. The lowest BCUT2D eigenvalue weighted by Crippen LogP contribution is -2.21. The van der Waals surface area contributed by atoms with Crippen LogP contribution in [0.5, 0.6) is 5.75 Å². The molecule has 1 aromatic carbocycles. The first-order valence-electron chi connectivity index (χ1n) is 10.2. The molecule has 2 N–H and O–H groups in total. The van der Waals surface area contributed by atoms with Gasteiger partial charge in [-0.2, -0.15) is 10.1 Å². The highest BCUT2D eigenvalue weighted by atomic mass is 35.5. The third-order valence-electron chi connectivity index (χ3n) is 4.60. The molecule has 9 nitrogen and oxygen atoms in total. The maximum Gasteiger partial charge on any atom is 0.273 e. The van der Waals surface area contributed by atoms with Gasteiger partial charge in [0.15, 0.2) is 22.4 Å². The molecule has 4 rings (SSSR count). The molecular formula is C21H20ClN7O2. The lowest BCUT2D eigenvalue weighted by Gasteiger charge is -2.15. The second kappa shape index (κ2) is 8.62. The Morgan fingerprint density at radius 3 is 2.94 bits per heavy atom. The van der Waals surface area contributed by atoms with Crippen molar-refractivity contribution in [2.24, 2.45) is 13.0 Å². The van der Waals surface area contributed by atoms with E-state index in [0.29, 0.717) is 40.3 Å². The normalized spacial score (nSPS) is 13.1. The van der Waals surface area contributed by atoms with Crippen LogP contribution in [0.1, 0.15) is 30.5 Å². The minimum Gasteiger partial charge on any atom is -0.494 e. The van der Waals surface area contributed by atoms with E-state index >= 15 is 0 Å². The fourth-order valence-corrected chi connectivity index (χ4v) is 3.04. The largest absolute Gasteiger partial charge is 0.494 e. The van der Waals surface area contributed by atoms with E-state index in [-0.39, 0.29) is 17.9 Å². The number of methoxy groups -OCH3 is 1. The van der Waals surface area contributed by atoms with Gasteiger partial charge in [0.25, 0.3) is 5.91 Å². The number of halogens is 1. The number of anilines is 2. The molecule has 0 aliphatic heterocycles. The van der Waals surface area contributed by atoms with Crippen molar-refractivity contribution in [2.75, 3.05) is 19.5 Å². The van der Waals surface area contributed by atoms with Crippen LogP contribution in [-0.4, -0.2) is 45.0 Å². The average molecular weight is 439 g/mol. The highest BCUT2D eigenvalue weighted by Gasteiger charge is 2.20. The zero-order valence-electron chi connectivity index (χ0n) is 17.9. The Hall–Kier alpha value is -3.64. The zero-order valence-corrected chi connectivity index (χ0v) is 17.7. The van der Waals surface area contributed by atoms with Crippen LogP contribution in [0, 0.1) is 17.8 Å². The zero-order chi connectivity index (χ0) is 22.7. The van der Waals surface area contributed by atoms with Gasteiger partial charge in [0.1, 0.15) is 0 Å². The number of carbonyl (C=O) groups excluding carboxylic acids is 1. The van der Waals surface area contributed by atoms with Gasteiger partial charge in [-0.15, -0.1) is 10.2 Å². The van der Waals surface area contributed by atoms with Crippen molar-refractivity contribution in [3.05, 3.63) is 40.9 Å². The maximum absolute atomic E-state index is 12.3. The summed E-state index contributed by atoms with van der Waals surface area (Å²) in [4.78, 5) is 16.8. The number of aromatic nitrogens is 5. The van der Waals surface area contributed by atoms with Crippen LogP contribution in [0.25, 0.3) is 11.4 Å². The first kappa shape index (κ1) is 19.3. The Bertz CT molecular complexity index is 1230. The molecule has 3 aromatic rings. The van der Waals surface area contributed by atoms with Gasteiger partial charge in [-0.05, 0) is 30.9 Å². The molecule has 0 saturated heterocycles. The summed E-state index contributed by atoms with van der Waals surface area (Å²) in [6.45, 7) is 0. The Morgan fingerprint density at radius 1 is 1.35 bits per heavy atom. The molecule has 31 heavy (non-hydrogen) atoms. The highest BCUT2D eigenvalue weighted by molar-refractivity contribution is 6.29. The molecule has 0 unspecified atom stereocenters. The fourth-order valence-electron chi connectivity index (χ4n) is 2.89. The van der Waals surface area contributed by atoms with E-state index in [1.807, 2.05) is 12.1 Å². The topological polar surface area (TPSA) is 107 Å². The molecule has 1 amide bonds. The van der Waals surface area contributed by atoms with E-state index in [1.165, 1.54) is 13.2 Å². The molecule has 1 saturated carbocycles. The van der Waals surface area contributed by atoms with Gasteiger partial charge in [0.2, 0.25) is 5.82 Å². The molecule has 10 heteroatoms. The number of rotatable bonds is 5. The SMILES string of the molecule is [2H]CNC(=O)c1nnc(Cl)cc1Nc1cccc(-c2nc(C#CC3CC3)n(C)n2)c1OC. The molecule has 0 spiro atoms. The smallest absolute Gasteiger partial charge is 0.273 e. The lowest BCUT2D eigenvalue weighted by molar-refractivity contribution is 0.0958. The third-order valence-corrected chi connectivity index (χ3v) is 4.78. The van der Waals surface area contributed by atoms with E-state index in [4.69, 9.17) is 17.7 Å². The third kappa shape index (κ3) is 4.44. The monoisotopic (exact) mass is 438 g/mol. The number of para-hydroxylation sites is 1. The van der Waals surface area contributed by atoms with Gasteiger partial charge in [0, 0.05) is 27.4 Å². The first-order valence-corrected chi connectivity index (χ1v) is 9.85. The number of ether oxygens (including phenoxy) is 1. The van der Waals surface area contributed by atoms with E-state index in [9.17, 15) is 4.79 Å². The number of hydrogen-bond acceptors (Lipinski definition) is 7. The number of benzene rings is 1. The van der Waals surface area contributed by atoms with Gasteiger partial charge in [0.05, 0.1) is 24.0 Å². The van der Waals surface area contributed by atoms with Crippen molar-refractivity contribution in [1.29, 1.82) is 0 Å². The van der Waals surface area contributed by atoms with Crippen molar-refractivity contribution < 1.29 is 10.9 Å². The number of aryl methyl sites for hydroxylation is 1. The summed E-state index contributed by atoms with van der Waals surface area (Å²) in [7, 11) is 3.04. The van der Waals surface area contributed by atoms with Gasteiger partial charge < -0.3 is 15.4 Å².